The fourth-order valence-corrected chi connectivity index (χ4v) is 4.71. The maximum Gasteiger partial charge on any atom is 0.323 e. The first-order valence-corrected chi connectivity index (χ1v) is 12.6. The smallest absolute Gasteiger partial charge is 0.323 e. The highest BCUT2D eigenvalue weighted by atomic mass is 32.2. The molecular formula is C26H24N4O3S2. The lowest BCUT2D eigenvalue weighted by molar-refractivity contribution is -0.115. The zero-order valence-electron chi connectivity index (χ0n) is 19.1. The second kappa shape index (κ2) is 11.5. The van der Waals surface area contributed by atoms with Gasteiger partial charge in [0.05, 0.1) is 18.1 Å². The molecule has 0 radical (unpaired) electrons. The van der Waals surface area contributed by atoms with E-state index in [1.54, 1.807) is 19.2 Å². The highest BCUT2D eigenvalue weighted by Crippen LogP contribution is 2.29. The summed E-state index contributed by atoms with van der Waals surface area (Å²) in [5.41, 5.74) is 3.13. The largest absolute Gasteiger partial charge is 0.497 e. The summed E-state index contributed by atoms with van der Waals surface area (Å²) in [5.74, 6) is 0.651. The summed E-state index contributed by atoms with van der Waals surface area (Å²) >= 11 is 2.82. The zero-order chi connectivity index (χ0) is 24.6. The Kier molecular flexibility index (Phi) is 8.02. The molecule has 1 unspecified atom stereocenters. The van der Waals surface area contributed by atoms with Crippen molar-refractivity contribution in [1.29, 1.82) is 0 Å². The average molecular weight is 505 g/mol. The SMILES string of the molecule is COc1ccc(-c2csc(NC(=O)C(C)Sc3ccc(NC(=O)Nc4ccccc4)cc3)n2)cc1. The predicted molar refractivity (Wildman–Crippen MR) is 144 cm³/mol. The lowest BCUT2D eigenvalue weighted by atomic mass is 10.2. The van der Waals surface area contributed by atoms with E-state index >= 15 is 0 Å². The van der Waals surface area contributed by atoms with Gasteiger partial charge >= 0.3 is 6.03 Å². The molecule has 0 spiro atoms. The maximum atomic E-state index is 12.7. The van der Waals surface area contributed by atoms with Crippen molar-refractivity contribution >= 4 is 51.5 Å². The van der Waals surface area contributed by atoms with E-state index in [0.717, 1.165) is 21.9 Å². The molecule has 0 saturated heterocycles. The van der Waals surface area contributed by atoms with Crippen LogP contribution in [-0.4, -0.2) is 29.3 Å². The predicted octanol–water partition coefficient (Wildman–Crippen LogP) is 6.58. The van der Waals surface area contributed by atoms with Crippen LogP contribution in [0.5, 0.6) is 5.75 Å². The first-order chi connectivity index (χ1) is 17.0. The van der Waals surface area contributed by atoms with Crippen molar-refractivity contribution in [1.82, 2.24) is 4.98 Å². The number of hydrogen-bond donors (Lipinski definition) is 3. The molecule has 0 aliphatic carbocycles. The van der Waals surface area contributed by atoms with Crippen molar-refractivity contribution in [3.63, 3.8) is 0 Å². The Labute approximate surface area is 211 Å². The van der Waals surface area contributed by atoms with Gasteiger partial charge in [0, 0.05) is 27.2 Å². The minimum absolute atomic E-state index is 0.130. The number of methoxy groups -OCH3 is 1. The van der Waals surface area contributed by atoms with Crippen LogP contribution in [0.3, 0.4) is 0 Å². The van der Waals surface area contributed by atoms with Crippen LogP contribution < -0.4 is 20.7 Å². The minimum atomic E-state index is -0.330. The van der Waals surface area contributed by atoms with Gasteiger partial charge in [0.15, 0.2) is 5.13 Å². The van der Waals surface area contributed by atoms with Crippen LogP contribution >= 0.6 is 23.1 Å². The number of thioether (sulfide) groups is 1. The number of para-hydroxylation sites is 1. The number of ether oxygens (including phenoxy) is 1. The Morgan fingerprint density at radius 2 is 1.54 bits per heavy atom. The van der Waals surface area contributed by atoms with Gasteiger partial charge in [-0.25, -0.2) is 9.78 Å². The molecule has 178 valence electrons. The van der Waals surface area contributed by atoms with Crippen molar-refractivity contribution < 1.29 is 14.3 Å². The number of urea groups is 1. The van der Waals surface area contributed by atoms with E-state index in [9.17, 15) is 9.59 Å². The molecule has 7 nitrogen and oxygen atoms in total. The normalized spacial score (nSPS) is 11.4. The van der Waals surface area contributed by atoms with E-state index < -0.39 is 0 Å². The molecule has 0 bridgehead atoms. The van der Waals surface area contributed by atoms with E-state index in [0.29, 0.717) is 16.5 Å². The number of carbonyl (C=O) groups is 2. The number of carbonyl (C=O) groups excluding carboxylic acids is 2. The lowest BCUT2D eigenvalue weighted by Crippen LogP contribution is -2.22. The third kappa shape index (κ3) is 6.84. The van der Waals surface area contributed by atoms with Gasteiger partial charge in [-0.2, -0.15) is 0 Å². The van der Waals surface area contributed by atoms with Gasteiger partial charge in [0.1, 0.15) is 5.75 Å². The second-order valence-electron chi connectivity index (χ2n) is 7.49. The van der Waals surface area contributed by atoms with Crippen LogP contribution in [0.4, 0.5) is 21.3 Å². The fourth-order valence-electron chi connectivity index (χ4n) is 3.12. The number of nitrogens with zero attached hydrogens (tertiary/aromatic N) is 1. The van der Waals surface area contributed by atoms with Gasteiger partial charge in [0.2, 0.25) is 5.91 Å². The maximum absolute atomic E-state index is 12.7. The summed E-state index contributed by atoms with van der Waals surface area (Å²) in [6.07, 6.45) is 0. The zero-order valence-corrected chi connectivity index (χ0v) is 20.8. The summed E-state index contributed by atoms with van der Waals surface area (Å²) in [6, 6.07) is 23.9. The number of hydrogen-bond acceptors (Lipinski definition) is 6. The van der Waals surface area contributed by atoms with Crippen LogP contribution in [0.1, 0.15) is 6.92 Å². The van der Waals surface area contributed by atoms with Gasteiger partial charge < -0.3 is 20.7 Å². The molecule has 3 amide bonds. The molecule has 1 atom stereocenters. The van der Waals surface area contributed by atoms with Crippen LogP contribution in [-0.2, 0) is 4.79 Å². The standard InChI is InChI=1S/C26H24N4O3S2/c1-17(24(31)30-26-29-23(16-34-26)18-8-12-21(33-2)13-9-18)35-22-14-10-20(11-15-22)28-25(32)27-19-6-4-3-5-7-19/h3-17H,1-2H3,(H2,27,28,32)(H,29,30,31). The molecule has 3 N–H and O–H groups in total. The number of thiazole rings is 1. The Morgan fingerprint density at radius 3 is 2.20 bits per heavy atom. The number of nitrogens with one attached hydrogen (secondary N) is 3. The number of anilines is 3. The molecule has 0 aliphatic heterocycles. The molecule has 9 heteroatoms. The van der Waals surface area contributed by atoms with Crippen molar-refractivity contribution in [3.8, 4) is 17.0 Å². The van der Waals surface area contributed by atoms with Crippen molar-refractivity contribution in [2.75, 3.05) is 23.1 Å². The summed E-state index contributed by atoms with van der Waals surface area (Å²) in [6.45, 7) is 1.84. The summed E-state index contributed by atoms with van der Waals surface area (Å²) in [4.78, 5) is 30.3. The van der Waals surface area contributed by atoms with Crippen LogP contribution in [0.25, 0.3) is 11.3 Å². The fraction of sp³-hybridized carbons (Fsp3) is 0.115. The topological polar surface area (TPSA) is 92.4 Å². The Morgan fingerprint density at radius 1 is 0.886 bits per heavy atom. The average Bonchev–Trinajstić information content (AvgIpc) is 3.34. The Bertz CT molecular complexity index is 1280. The molecule has 3 aromatic carbocycles. The van der Waals surface area contributed by atoms with E-state index in [1.165, 1.54) is 23.1 Å². The van der Waals surface area contributed by atoms with Crippen molar-refractivity contribution in [2.45, 2.75) is 17.1 Å². The van der Waals surface area contributed by atoms with E-state index in [-0.39, 0.29) is 17.2 Å². The molecule has 1 aromatic heterocycles. The van der Waals surface area contributed by atoms with E-state index in [2.05, 4.69) is 20.9 Å². The first-order valence-electron chi connectivity index (χ1n) is 10.8. The monoisotopic (exact) mass is 504 g/mol. The van der Waals surface area contributed by atoms with E-state index in [4.69, 9.17) is 4.74 Å². The molecular weight excluding hydrogens is 480 g/mol. The van der Waals surface area contributed by atoms with Gasteiger partial charge in [-0.1, -0.05) is 18.2 Å². The number of rotatable bonds is 8. The molecule has 0 aliphatic rings. The summed E-state index contributed by atoms with van der Waals surface area (Å²) in [7, 11) is 1.63. The van der Waals surface area contributed by atoms with Crippen molar-refractivity contribution in [2.24, 2.45) is 0 Å². The second-order valence-corrected chi connectivity index (χ2v) is 9.76. The first kappa shape index (κ1) is 24.3. The molecule has 35 heavy (non-hydrogen) atoms. The minimum Gasteiger partial charge on any atom is -0.497 e. The van der Waals surface area contributed by atoms with Crippen LogP contribution in [0.15, 0.2) is 89.1 Å². The Hall–Kier alpha value is -3.82. The molecule has 0 fully saturated rings. The van der Waals surface area contributed by atoms with Gasteiger partial charge in [-0.3, -0.25) is 4.79 Å². The number of amides is 3. The number of benzene rings is 3. The quantitative estimate of drug-likeness (QED) is 0.236. The third-order valence-electron chi connectivity index (χ3n) is 4.95. The third-order valence-corrected chi connectivity index (χ3v) is 6.82. The Balaban J connectivity index is 1.28. The van der Waals surface area contributed by atoms with Gasteiger partial charge in [0.25, 0.3) is 0 Å². The molecule has 4 rings (SSSR count). The summed E-state index contributed by atoms with van der Waals surface area (Å²) < 4.78 is 5.18. The lowest BCUT2D eigenvalue weighted by Gasteiger charge is -2.11. The molecule has 0 saturated carbocycles. The van der Waals surface area contributed by atoms with Crippen LogP contribution in [0.2, 0.25) is 0 Å². The van der Waals surface area contributed by atoms with E-state index in [1.807, 2.05) is 79.0 Å². The van der Waals surface area contributed by atoms with Crippen LogP contribution in [0, 0.1) is 0 Å². The molecule has 4 aromatic rings. The number of aromatic nitrogens is 1. The van der Waals surface area contributed by atoms with Crippen molar-refractivity contribution in [3.05, 3.63) is 84.2 Å². The van der Waals surface area contributed by atoms with Gasteiger partial charge in [-0.15, -0.1) is 23.1 Å². The molecule has 1 heterocycles. The highest BCUT2D eigenvalue weighted by molar-refractivity contribution is 8.00. The summed E-state index contributed by atoms with van der Waals surface area (Å²) in [5, 5.41) is 10.6. The highest BCUT2D eigenvalue weighted by Gasteiger charge is 2.16. The van der Waals surface area contributed by atoms with Gasteiger partial charge in [-0.05, 0) is 67.6 Å².